The minimum absolute atomic E-state index is 0. The average Bonchev–Trinajstić information content (AvgIpc) is 3.52. The Balaban J connectivity index is 0.000000204. The zero-order valence-electron chi connectivity index (χ0n) is 24.0. The Labute approximate surface area is 238 Å². The normalized spacial score (nSPS) is 12.3. The van der Waals surface area contributed by atoms with Gasteiger partial charge in [0.2, 0.25) is 0 Å². The van der Waals surface area contributed by atoms with Crippen molar-refractivity contribution in [1.82, 2.24) is 9.97 Å². The maximum Gasteiger partial charge on any atom is 0.122 e. The third-order valence-electron chi connectivity index (χ3n) is 5.79. The fraction of sp³-hybridized carbons (Fsp3) is 0.0625. The molecule has 0 aliphatic rings. The SMILES string of the molecule is Cc1ccc(-c2[c-]cccc2)nc1.[2H]c1nc(-c2[c-]ccc3c2oc2cc4sc(C)cc4cc23)c([2H])c([2H])c1[2H].[Ir]. The molecule has 0 fully saturated rings. The molecule has 37 heavy (non-hydrogen) atoms. The van der Waals surface area contributed by atoms with Crippen molar-refractivity contribution in [2.24, 2.45) is 0 Å². The smallest absolute Gasteiger partial charge is 0.122 e. The van der Waals surface area contributed by atoms with Gasteiger partial charge in [-0.1, -0.05) is 35.2 Å². The quantitative estimate of drug-likeness (QED) is 0.172. The van der Waals surface area contributed by atoms with Crippen LogP contribution in [0.4, 0.5) is 0 Å². The molecule has 0 aliphatic heterocycles. The predicted octanol–water partition coefficient (Wildman–Crippen LogP) is 8.83. The van der Waals surface area contributed by atoms with E-state index in [2.05, 4.69) is 47.2 Å². The van der Waals surface area contributed by atoms with Crippen molar-refractivity contribution in [3.05, 3.63) is 120 Å². The molecule has 0 saturated carbocycles. The minimum Gasteiger partial charge on any atom is -0.501 e. The van der Waals surface area contributed by atoms with E-state index in [-0.39, 0.29) is 50.1 Å². The van der Waals surface area contributed by atoms with Crippen LogP contribution in [-0.2, 0) is 20.1 Å². The number of thiophene rings is 1. The molecule has 4 aromatic heterocycles. The third kappa shape index (κ3) is 5.12. The molecule has 0 spiro atoms. The summed E-state index contributed by atoms with van der Waals surface area (Å²) in [6, 6.07) is 27.1. The summed E-state index contributed by atoms with van der Waals surface area (Å²) in [6.07, 6.45) is 1.54. The zero-order valence-corrected chi connectivity index (χ0v) is 23.2. The second-order valence-corrected chi connectivity index (χ2v) is 9.67. The largest absolute Gasteiger partial charge is 0.501 e. The maximum atomic E-state index is 8.18. The van der Waals surface area contributed by atoms with Crippen molar-refractivity contribution >= 4 is 43.4 Å². The molecule has 4 heterocycles. The number of benzene rings is 3. The molecule has 0 unspecified atom stereocenters. The van der Waals surface area contributed by atoms with Crippen LogP contribution in [0.1, 0.15) is 15.9 Å². The van der Waals surface area contributed by atoms with E-state index < -0.39 is 0 Å². The molecule has 0 amide bonds. The summed E-state index contributed by atoms with van der Waals surface area (Å²) >= 11 is 1.70. The van der Waals surface area contributed by atoms with Crippen LogP contribution in [0.2, 0.25) is 0 Å². The van der Waals surface area contributed by atoms with Gasteiger partial charge < -0.3 is 14.4 Å². The van der Waals surface area contributed by atoms with Crippen molar-refractivity contribution < 1.29 is 30.0 Å². The van der Waals surface area contributed by atoms with Crippen LogP contribution in [0.25, 0.3) is 54.5 Å². The molecule has 3 nitrogen and oxygen atoms in total. The van der Waals surface area contributed by atoms with Crippen LogP contribution in [0, 0.1) is 26.0 Å². The van der Waals surface area contributed by atoms with E-state index in [1.807, 2.05) is 55.6 Å². The fourth-order valence-corrected chi connectivity index (χ4v) is 5.05. The topological polar surface area (TPSA) is 38.9 Å². The Bertz CT molecular complexity index is 2020. The van der Waals surface area contributed by atoms with E-state index in [0.717, 1.165) is 37.7 Å². The number of hydrogen-bond donors (Lipinski definition) is 0. The molecule has 5 heteroatoms. The van der Waals surface area contributed by atoms with Crippen LogP contribution < -0.4 is 0 Å². The molecule has 1 radical (unpaired) electrons. The van der Waals surface area contributed by atoms with Crippen molar-refractivity contribution in [3.8, 4) is 22.5 Å². The van der Waals surface area contributed by atoms with E-state index in [1.165, 1.54) is 10.4 Å². The van der Waals surface area contributed by atoms with Gasteiger partial charge in [0.1, 0.15) is 5.58 Å². The number of nitrogens with zero attached hydrogens (tertiary/aromatic N) is 2. The molecule has 7 aromatic rings. The molecular weight excluding hydrogens is 653 g/mol. The molecule has 0 atom stereocenters. The molecule has 0 aliphatic carbocycles. The second kappa shape index (κ2) is 10.8. The first-order chi connectivity index (χ1) is 19.3. The number of rotatable bonds is 2. The maximum absolute atomic E-state index is 8.18. The summed E-state index contributed by atoms with van der Waals surface area (Å²) in [5, 5.41) is 2.99. The van der Waals surface area contributed by atoms with Gasteiger partial charge in [0.15, 0.2) is 0 Å². The Morgan fingerprint density at radius 3 is 2.62 bits per heavy atom. The van der Waals surface area contributed by atoms with Crippen molar-refractivity contribution in [2.45, 2.75) is 13.8 Å². The van der Waals surface area contributed by atoms with Crippen LogP contribution in [0.3, 0.4) is 0 Å². The monoisotopic (exact) mass is 679 g/mol. The van der Waals surface area contributed by atoms with Gasteiger partial charge >= 0.3 is 0 Å². The summed E-state index contributed by atoms with van der Waals surface area (Å²) in [5.74, 6) is 0. The summed E-state index contributed by atoms with van der Waals surface area (Å²) in [5.41, 5.74) is 5.05. The molecule has 0 N–H and O–H groups in total. The first-order valence-corrected chi connectivity index (χ1v) is 12.2. The number of hydrogen-bond acceptors (Lipinski definition) is 4. The van der Waals surface area contributed by atoms with E-state index >= 15 is 0 Å². The molecule has 7 rings (SSSR count). The van der Waals surface area contributed by atoms with E-state index in [9.17, 15) is 0 Å². The molecule has 3 aromatic carbocycles. The van der Waals surface area contributed by atoms with Crippen molar-refractivity contribution in [2.75, 3.05) is 0 Å². The van der Waals surface area contributed by atoms with Crippen LogP contribution in [-0.4, -0.2) is 9.97 Å². The molecular formula is C32H22IrN2OS-2. The van der Waals surface area contributed by atoms with Crippen LogP contribution >= 0.6 is 11.3 Å². The Kier molecular flexibility index (Phi) is 5.95. The average molecular weight is 679 g/mol. The van der Waals surface area contributed by atoms with E-state index in [0.29, 0.717) is 11.1 Å². The third-order valence-corrected chi connectivity index (χ3v) is 6.81. The molecule has 0 bridgehead atoms. The zero-order chi connectivity index (χ0) is 28.0. The van der Waals surface area contributed by atoms with Gasteiger partial charge in [-0.05, 0) is 60.4 Å². The van der Waals surface area contributed by atoms with Gasteiger partial charge in [-0.3, -0.25) is 0 Å². The Hall–Kier alpha value is -3.63. The fourth-order valence-electron chi connectivity index (χ4n) is 4.11. The van der Waals surface area contributed by atoms with Crippen LogP contribution in [0.5, 0.6) is 0 Å². The van der Waals surface area contributed by atoms with Crippen LogP contribution in [0.15, 0.2) is 102 Å². The van der Waals surface area contributed by atoms with Gasteiger partial charge in [-0.25, -0.2) is 0 Å². The minimum atomic E-state index is -0.351. The number of aryl methyl sites for hydroxylation is 2. The first kappa shape index (κ1) is 20.4. The summed E-state index contributed by atoms with van der Waals surface area (Å²) < 4.78 is 38.8. The number of pyridine rings is 2. The second-order valence-electron chi connectivity index (χ2n) is 8.39. The van der Waals surface area contributed by atoms with Gasteiger partial charge in [-0.15, -0.1) is 65.4 Å². The standard InChI is InChI=1S/C20H12NOS.C12H10N.Ir/c1-12-9-13-10-16-14-5-4-6-15(17-7-2-3-8-21-17)20(14)22-18(16)11-19(13)23-12;1-10-7-8-12(13-9-10)11-5-3-2-4-6-11;/h2-5,7-11H,1H3;2-5,7-9H,1H3;/q2*-1;/i2D,3D,7D,8D;;. The Morgan fingerprint density at radius 2 is 1.81 bits per heavy atom. The Morgan fingerprint density at radius 1 is 0.892 bits per heavy atom. The van der Waals surface area contributed by atoms with Crippen molar-refractivity contribution in [3.63, 3.8) is 0 Å². The summed E-state index contributed by atoms with van der Waals surface area (Å²) in [4.78, 5) is 9.62. The van der Waals surface area contributed by atoms with Crippen molar-refractivity contribution in [1.29, 1.82) is 0 Å². The number of aromatic nitrogens is 2. The molecule has 183 valence electrons. The summed E-state index contributed by atoms with van der Waals surface area (Å²) in [7, 11) is 0. The van der Waals surface area contributed by atoms with E-state index in [4.69, 9.17) is 9.90 Å². The summed E-state index contributed by atoms with van der Waals surface area (Å²) in [6.45, 7) is 4.11. The molecule has 0 saturated heterocycles. The first-order valence-electron chi connectivity index (χ1n) is 13.4. The number of furan rings is 1. The van der Waals surface area contributed by atoms with Gasteiger partial charge in [-0.2, -0.15) is 0 Å². The van der Waals surface area contributed by atoms with Gasteiger partial charge in [0.05, 0.1) is 11.1 Å². The van der Waals surface area contributed by atoms with Gasteiger partial charge in [0, 0.05) is 47.4 Å². The van der Waals surface area contributed by atoms with Gasteiger partial charge in [0.25, 0.3) is 0 Å². The van der Waals surface area contributed by atoms with E-state index in [1.54, 1.807) is 17.4 Å². The number of fused-ring (bicyclic) bond motifs is 4. The predicted molar refractivity (Wildman–Crippen MR) is 149 cm³/mol.